The van der Waals surface area contributed by atoms with Gasteiger partial charge in [-0.2, -0.15) is 18.3 Å². The first-order chi connectivity index (χ1) is 8.43. The van der Waals surface area contributed by atoms with Gasteiger partial charge in [-0.05, 0) is 18.1 Å². The first kappa shape index (κ1) is 12.5. The van der Waals surface area contributed by atoms with Crippen molar-refractivity contribution in [3.05, 3.63) is 41.6 Å². The summed E-state index contributed by atoms with van der Waals surface area (Å²) in [6.07, 6.45) is -3.79. The number of nitrogens with zero attached hydrogens (tertiary/aromatic N) is 2. The number of benzene rings is 1. The maximum absolute atomic E-state index is 12.5. The summed E-state index contributed by atoms with van der Waals surface area (Å²) in [4.78, 5) is 0. The van der Waals surface area contributed by atoms with Gasteiger partial charge in [0.2, 0.25) is 0 Å². The summed E-state index contributed by atoms with van der Waals surface area (Å²) >= 11 is 0. The third-order valence-electron chi connectivity index (χ3n) is 2.63. The van der Waals surface area contributed by atoms with Gasteiger partial charge in [-0.25, -0.2) is 4.68 Å². The van der Waals surface area contributed by atoms with Crippen LogP contribution in [0, 0.1) is 0 Å². The Bertz CT molecular complexity index is 558. The molecule has 1 heterocycles. The molecular weight excluding hydrogens is 243 g/mol. The van der Waals surface area contributed by atoms with Crippen molar-refractivity contribution in [3.63, 3.8) is 0 Å². The van der Waals surface area contributed by atoms with E-state index in [1.54, 1.807) is 12.1 Å². The Morgan fingerprint density at radius 1 is 1.28 bits per heavy atom. The van der Waals surface area contributed by atoms with Gasteiger partial charge in [0, 0.05) is 6.07 Å². The number of hydrogen-bond acceptors (Lipinski definition) is 2. The highest BCUT2D eigenvalue weighted by Gasteiger charge is 2.34. The van der Waals surface area contributed by atoms with Crippen molar-refractivity contribution in [1.82, 2.24) is 9.78 Å². The lowest BCUT2D eigenvalue weighted by molar-refractivity contribution is -0.141. The van der Waals surface area contributed by atoms with Crippen LogP contribution in [0.3, 0.4) is 0 Å². The molecular formula is C12H12F3N3. The number of nitrogens with two attached hydrogens (primary N) is 1. The lowest BCUT2D eigenvalue weighted by atomic mass is 10.1. The number of alkyl halides is 3. The molecule has 0 amide bonds. The largest absolute Gasteiger partial charge is 0.435 e. The van der Waals surface area contributed by atoms with E-state index < -0.39 is 11.9 Å². The third-order valence-corrected chi connectivity index (χ3v) is 2.63. The number of para-hydroxylation sites is 1. The Balaban J connectivity index is 2.55. The maximum atomic E-state index is 12.5. The molecule has 2 rings (SSSR count). The fraction of sp³-hybridized carbons (Fsp3) is 0.250. The second kappa shape index (κ2) is 4.36. The molecule has 0 unspecified atom stereocenters. The molecule has 1 aromatic heterocycles. The molecule has 0 aliphatic carbocycles. The number of aryl methyl sites for hydroxylation is 1. The summed E-state index contributed by atoms with van der Waals surface area (Å²) in [7, 11) is 0. The fourth-order valence-corrected chi connectivity index (χ4v) is 1.74. The predicted molar refractivity (Wildman–Crippen MR) is 62.4 cm³/mol. The van der Waals surface area contributed by atoms with Crippen molar-refractivity contribution in [1.29, 1.82) is 0 Å². The number of aromatic nitrogens is 2. The average Bonchev–Trinajstić information content (AvgIpc) is 2.71. The Kier molecular flexibility index (Phi) is 3.02. The molecule has 96 valence electrons. The first-order valence-corrected chi connectivity index (χ1v) is 5.44. The van der Waals surface area contributed by atoms with Crippen LogP contribution in [0.25, 0.3) is 5.69 Å². The molecule has 6 heteroatoms. The van der Waals surface area contributed by atoms with Crippen molar-refractivity contribution in [2.75, 3.05) is 5.73 Å². The van der Waals surface area contributed by atoms with Gasteiger partial charge in [0.05, 0.1) is 5.69 Å². The monoisotopic (exact) mass is 255 g/mol. The van der Waals surface area contributed by atoms with E-state index in [9.17, 15) is 13.2 Å². The third kappa shape index (κ3) is 2.18. The van der Waals surface area contributed by atoms with Crippen LogP contribution in [0.15, 0.2) is 30.3 Å². The molecule has 0 atom stereocenters. The Labute approximate surface area is 102 Å². The topological polar surface area (TPSA) is 43.8 Å². The van der Waals surface area contributed by atoms with Crippen LogP contribution >= 0.6 is 0 Å². The van der Waals surface area contributed by atoms with E-state index in [4.69, 9.17) is 5.73 Å². The normalized spacial score (nSPS) is 11.8. The van der Waals surface area contributed by atoms with Crippen LogP contribution in [0.5, 0.6) is 0 Å². The Morgan fingerprint density at radius 3 is 2.50 bits per heavy atom. The first-order valence-electron chi connectivity index (χ1n) is 5.44. The Hall–Kier alpha value is -1.98. The second-order valence-corrected chi connectivity index (χ2v) is 3.85. The van der Waals surface area contributed by atoms with Crippen LogP contribution in [0.2, 0.25) is 0 Å². The lowest BCUT2D eigenvalue weighted by Gasteiger charge is -2.09. The number of anilines is 1. The molecule has 0 saturated heterocycles. The summed E-state index contributed by atoms with van der Waals surface area (Å²) in [6, 6.07) is 7.94. The van der Waals surface area contributed by atoms with Crippen LogP contribution < -0.4 is 5.73 Å². The zero-order chi connectivity index (χ0) is 13.3. The standard InChI is InChI=1S/C12H12F3N3/c1-2-8-5-3-4-6-9(8)18-11(16)7-10(17-18)12(13,14)15/h3-7H,2,16H2,1H3. The van der Waals surface area contributed by atoms with Crippen molar-refractivity contribution >= 4 is 5.82 Å². The number of halogens is 3. The zero-order valence-corrected chi connectivity index (χ0v) is 9.70. The molecule has 0 bridgehead atoms. The van der Waals surface area contributed by atoms with E-state index in [1.165, 1.54) is 0 Å². The summed E-state index contributed by atoms with van der Waals surface area (Å²) < 4.78 is 38.8. The summed E-state index contributed by atoms with van der Waals surface area (Å²) in [5, 5.41) is 3.53. The number of hydrogen-bond donors (Lipinski definition) is 1. The minimum Gasteiger partial charge on any atom is -0.384 e. The van der Waals surface area contributed by atoms with E-state index in [0.717, 1.165) is 16.3 Å². The zero-order valence-electron chi connectivity index (χ0n) is 9.70. The van der Waals surface area contributed by atoms with Crippen LogP contribution in [-0.2, 0) is 12.6 Å². The van der Waals surface area contributed by atoms with E-state index in [-0.39, 0.29) is 5.82 Å². The molecule has 0 spiro atoms. The van der Waals surface area contributed by atoms with Crippen LogP contribution in [0.1, 0.15) is 18.2 Å². The van der Waals surface area contributed by atoms with Gasteiger partial charge < -0.3 is 5.73 Å². The van der Waals surface area contributed by atoms with Crippen molar-refractivity contribution in [2.24, 2.45) is 0 Å². The molecule has 2 aromatic rings. The number of rotatable bonds is 2. The minimum absolute atomic E-state index is 0.0248. The summed E-state index contributed by atoms with van der Waals surface area (Å²) in [6.45, 7) is 1.92. The molecule has 1 aromatic carbocycles. The average molecular weight is 255 g/mol. The van der Waals surface area contributed by atoms with Gasteiger partial charge in [0.25, 0.3) is 0 Å². The second-order valence-electron chi connectivity index (χ2n) is 3.85. The molecule has 0 aliphatic rings. The van der Waals surface area contributed by atoms with Gasteiger partial charge >= 0.3 is 6.18 Å². The molecule has 0 fully saturated rings. The smallest absolute Gasteiger partial charge is 0.384 e. The summed E-state index contributed by atoms with van der Waals surface area (Å²) in [5.74, 6) is -0.0248. The molecule has 3 nitrogen and oxygen atoms in total. The Morgan fingerprint density at radius 2 is 1.94 bits per heavy atom. The molecule has 0 radical (unpaired) electrons. The van der Waals surface area contributed by atoms with E-state index in [2.05, 4.69) is 5.10 Å². The van der Waals surface area contributed by atoms with E-state index >= 15 is 0 Å². The highest BCUT2D eigenvalue weighted by Crippen LogP contribution is 2.30. The van der Waals surface area contributed by atoms with Gasteiger partial charge in [0.15, 0.2) is 5.69 Å². The van der Waals surface area contributed by atoms with Crippen LogP contribution in [0.4, 0.5) is 19.0 Å². The van der Waals surface area contributed by atoms with Crippen molar-refractivity contribution in [3.8, 4) is 5.69 Å². The van der Waals surface area contributed by atoms with Crippen molar-refractivity contribution < 1.29 is 13.2 Å². The van der Waals surface area contributed by atoms with E-state index in [1.807, 2.05) is 19.1 Å². The van der Waals surface area contributed by atoms with E-state index in [0.29, 0.717) is 12.1 Å². The van der Waals surface area contributed by atoms with Gasteiger partial charge in [0.1, 0.15) is 5.82 Å². The predicted octanol–water partition coefficient (Wildman–Crippen LogP) is 3.04. The molecule has 18 heavy (non-hydrogen) atoms. The highest BCUT2D eigenvalue weighted by atomic mass is 19.4. The minimum atomic E-state index is -4.49. The van der Waals surface area contributed by atoms with Gasteiger partial charge in [-0.1, -0.05) is 25.1 Å². The molecule has 0 aliphatic heterocycles. The fourth-order valence-electron chi connectivity index (χ4n) is 1.74. The lowest BCUT2D eigenvalue weighted by Crippen LogP contribution is -2.08. The SMILES string of the molecule is CCc1ccccc1-n1nc(C(F)(F)F)cc1N. The quantitative estimate of drug-likeness (QED) is 0.896. The number of nitrogen functional groups attached to an aromatic ring is 1. The molecule has 0 saturated carbocycles. The van der Waals surface area contributed by atoms with Crippen molar-refractivity contribution in [2.45, 2.75) is 19.5 Å². The van der Waals surface area contributed by atoms with Crippen LogP contribution in [-0.4, -0.2) is 9.78 Å². The summed E-state index contributed by atoms with van der Waals surface area (Å²) in [5.41, 5.74) is 6.08. The molecule has 2 N–H and O–H groups in total. The van der Waals surface area contributed by atoms with Gasteiger partial charge in [-0.3, -0.25) is 0 Å². The highest BCUT2D eigenvalue weighted by molar-refractivity contribution is 5.48. The maximum Gasteiger partial charge on any atom is 0.435 e. The van der Waals surface area contributed by atoms with Gasteiger partial charge in [-0.15, -0.1) is 0 Å².